The van der Waals surface area contributed by atoms with Crippen LogP contribution in [0.1, 0.15) is 0 Å². The van der Waals surface area contributed by atoms with E-state index in [-0.39, 0.29) is 11.5 Å². The first-order valence-corrected chi connectivity index (χ1v) is 12.0. The standard InChI is InChI=1S/C25H26O15/c26-6-12-15(30)18(33)24(37-12)39-22-17(32)14-10(29)5-11(8-1-3-9(28)4-2-8)36-21(14)23(20(22)35)40-25-19(34)16(31)13(7-27)38-25/h1-5,12-13,15-16,18-19,24-28,30-35H,6-7H2/t12-,13-,15-,16-,18+,19+,24-,25-/m0/s1. The molecule has 1 aromatic heterocycles. The Kier molecular flexibility index (Phi) is 7.47. The lowest BCUT2D eigenvalue weighted by molar-refractivity contribution is -0.121. The number of aromatic hydroxyl groups is 3. The highest BCUT2D eigenvalue weighted by Crippen LogP contribution is 2.51. The lowest BCUT2D eigenvalue weighted by Gasteiger charge is -2.23. The van der Waals surface area contributed by atoms with Crippen molar-refractivity contribution in [2.24, 2.45) is 0 Å². The van der Waals surface area contributed by atoms with E-state index in [0.717, 1.165) is 6.07 Å². The maximum atomic E-state index is 13.2. The van der Waals surface area contributed by atoms with Crippen molar-refractivity contribution >= 4 is 11.0 Å². The molecule has 9 N–H and O–H groups in total. The molecule has 0 amide bonds. The van der Waals surface area contributed by atoms with Gasteiger partial charge in [-0.2, -0.15) is 0 Å². The minimum absolute atomic E-state index is 0.0674. The third-order valence-electron chi connectivity index (χ3n) is 6.65. The van der Waals surface area contributed by atoms with E-state index in [9.17, 15) is 50.8 Å². The van der Waals surface area contributed by atoms with Crippen LogP contribution in [-0.2, 0) is 9.47 Å². The number of aliphatic hydroxyl groups excluding tert-OH is 6. The molecule has 3 heterocycles. The van der Waals surface area contributed by atoms with Gasteiger partial charge >= 0.3 is 0 Å². The number of ether oxygens (including phenoxy) is 4. The molecule has 0 bridgehead atoms. The molecule has 40 heavy (non-hydrogen) atoms. The predicted molar refractivity (Wildman–Crippen MR) is 130 cm³/mol. The smallest absolute Gasteiger partial charge is 0.229 e. The normalized spacial score (nSPS) is 30.1. The molecule has 3 aromatic rings. The number of aliphatic hydroxyl groups is 6. The Morgan fingerprint density at radius 3 is 1.75 bits per heavy atom. The van der Waals surface area contributed by atoms with Crippen molar-refractivity contribution in [1.29, 1.82) is 0 Å². The van der Waals surface area contributed by atoms with Crippen LogP contribution < -0.4 is 14.9 Å². The second-order valence-electron chi connectivity index (χ2n) is 9.23. The van der Waals surface area contributed by atoms with Gasteiger partial charge in [-0.1, -0.05) is 0 Å². The fourth-order valence-corrected chi connectivity index (χ4v) is 4.46. The van der Waals surface area contributed by atoms with E-state index in [1.54, 1.807) is 0 Å². The third-order valence-corrected chi connectivity index (χ3v) is 6.65. The summed E-state index contributed by atoms with van der Waals surface area (Å²) in [6.45, 7) is -1.39. The van der Waals surface area contributed by atoms with Crippen LogP contribution in [-0.4, -0.2) is 108 Å². The van der Waals surface area contributed by atoms with Crippen LogP contribution in [0.5, 0.6) is 28.7 Å². The SMILES string of the molecule is O=c1cc(-c2ccc(O)cc2)oc2c(O[C@@H]3O[C@@H](CO)[C@H](O)[C@H]3O)c(O)c(O[C@@H]3O[C@@H](CO)[C@H](O)[C@H]3O)c(O)c12. The first kappa shape index (κ1) is 27.9. The van der Waals surface area contributed by atoms with Crippen LogP contribution in [0.3, 0.4) is 0 Å². The third kappa shape index (κ3) is 4.67. The first-order valence-electron chi connectivity index (χ1n) is 12.0. The fraction of sp³-hybridized carbons (Fsp3) is 0.400. The molecule has 2 fully saturated rings. The van der Waals surface area contributed by atoms with E-state index in [1.165, 1.54) is 24.3 Å². The maximum absolute atomic E-state index is 13.2. The lowest BCUT2D eigenvalue weighted by Crippen LogP contribution is -2.36. The van der Waals surface area contributed by atoms with Gasteiger partial charge in [0.15, 0.2) is 16.8 Å². The van der Waals surface area contributed by atoms with Crippen molar-refractivity contribution in [1.82, 2.24) is 0 Å². The van der Waals surface area contributed by atoms with Gasteiger partial charge in [0.05, 0.1) is 13.2 Å². The van der Waals surface area contributed by atoms with Crippen molar-refractivity contribution in [3.8, 4) is 40.1 Å². The molecule has 0 unspecified atom stereocenters. The van der Waals surface area contributed by atoms with Crippen molar-refractivity contribution in [3.05, 3.63) is 40.6 Å². The van der Waals surface area contributed by atoms with Crippen LogP contribution in [0.15, 0.2) is 39.5 Å². The van der Waals surface area contributed by atoms with Gasteiger partial charge in [0.1, 0.15) is 53.5 Å². The van der Waals surface area contributed by atoms with Crippen molar-refractivity contribution in [2.75, 3.05) is 13.2 Å². The summed E-state index contributed by atoms with van der Waals surface area (Å²) in [5.41, 5.74) is -1.10. The maximum Gasteiger partial charge on any atom is 0.229 e. The van der Waals surface area contributed by atoms with Crippen LogP contribution >= 0.6 is 0 Å². The second-order valence-corrected chi connectivity index (χ2v) is 9.23. The van der Waals surface area contributed by atoms with Gasteiger partial charge in [0, 0.05) is 11.6 Å². The summed E-state index contributed by atoms with van der Waals surface area (Å²) in [6.07, 6.45) is -12.6. The second kappa shape index (κ2) is 10.7. The Morgan fingerprint density at radius 1 is 0.725 bits per heavy atom. The highest BCUT2D eigenvalue weighted by molar-refractivity contribution is 5.95. The van der Waals surface area contributed by atoms with Gasteiger partial charge in [0.25, 0.3) is 0 Å². The average molecular weight is 566 g/mol. The van der Waals surface area contributed by atoms with E-state index in [1.807, 2.05) is 0 Å². The van der Waals surface area contributed by atoms with E-state index < -0.39 is 102 Å². The quantitative estimate of drug-likeness (QED) is 0.153. The molecule has 5 rings (SSSR count). The molecule has 2 saturated heterocycles. The van der Waals surface area contributed by atoms with Crippen LogP contribution in [0, 0.1) is 0 Å². The molecule has 15 heteroatoms. The Hall–Kier alpha value is -3.67. The summed E-state index contributed by atoms with van der Waals surface area (Å²) in [5.74, 6) is -3.70. The summed E-state index contributed by atoms with van der Waals surface area (Å²) in [6, 6.07) is 6.49. The van der Waals surface area contributed by atoms with Gasteiger partial charge in [-0.15, -0.1) is 0 Å². The van der Waals surface area contributed by atoms with Gasteiger partial charge < -0.3 is 69.3 Å². The van der Waals surface area contributed by atoms with Crippen LogP contribution in [0.25, 0.3) is 22.3 Å². The van der Waals surface area contributed by atoms with Gasteiger partial charge in [-0.05, 0) is 24.3 Å². The summed E-state index contributed by atoms with van der Waals surface area (Å²) in [7, 11) is 0. The molecular weight excluding hydrogens is 540 g/mol. The summed E-state index contributed by atoms with van der Waals surface area (Å²) in [5, 5.41) is 90.6. The number of phenolic OH excluding ortho intramolecular Hbond substituents is 3. The zero-order valence-corrected chi connectivity index (χ0v) is 20.4. The summed E-state index contributed by atoms with van der Waals surface area (Å²) >= 11 is 0. The molecule has 8 atom stereocenters. The predicted octanol–water partition coefficient (Wildman–Crippen LogP) is -1.79. The Labute approximate surface area is 223 Å². The van der Waals surface area contributed by atoms with Crippen LogP contribution in [0.4, 0.5) is 0 Å². The Balaban J connectivity index is 1.66. The highest BCUT2D eigenvalue weighted by Gasteiger charge is 2.47. The molecule has 0 radical (unpaired) electrons. The van der Waals surface area contributed by atoms with E-state index in [2.05, 4.69) is 0 Å². The zero-order valence-electron chi connectivity index (χ0n) is 20.4. The first-order chi connectivity index (χ1) is 19.0. The van der Waals surface area contributed by atoms with Crippen molar-refractivity contribution in [2.45, 2.75) is 49.2 Å². The molecule has 2 aliphatic heterocycles. The molecule has 2 aromatic carbocycles. The number of phenols is 3. The highest BCUT2D eigenvalue weighted by atomic mass is 16.7. The zero-order chi connectivity index (χ0) is 28.9. The molecular formula is C25H26O15. The van der Waals surface area contributed by atoms with Gasteiger partial charge in [-0.3, -0.25) is 4.79 Å². The van der Waals surface area contributed by atoms with E-state index in [0.29, 0.717) is 5.56 Å². The monoisotopic (exact) mass is 566 g/mol. The number of hydrogen-bond acceptors (Lipinski definition) is 15. The Bertz CT molecular complexity index is 1440. The van der Waals surface area contributed by atoms with E-state index >= 15 is 0 Å². The lowest BCUT2D eigenvalue weighted by atomic mass is 10.1. The fourth-order valence-electron chi connectivity index (χ4n) is 4.46. The number of fused-ring (bicyclic) bond motifs is 1. The largest absolute Gasteiger partial charge is 0.508 e. The van der Waals surface area contributed by atoms with Crippen molar-refractivity contribution < 1.29 is 69.3 Å². The van der Waals surface area contributed by atoms with Crippen molar-refractivity contribution in [3.63, 3.8) is 0 Å². The molecule has 216 valence electrons. The molecule has 0 saturated carbocycles. The molecule has 0 aliphatic carbocycles. The van der Waals surface area contributed by atoms with E-state index in [4.69, 9.17) is 23.4 Å². The minimum Gasteiger partial charge on any atom is -0.508 e. The molecule has 2 aliphatic rings. The topological polar surface area (TPSA) is 249 Å². The summed E-state index contributed by atoms with van der Waals surface area (Å²) < 4.78 is 27.3. The molecule has 15 nitrogen and oxygen atoms in total. The van der Waals surface area contributed by atoms with Gasteiger partial charge in [-0.25, -0.2) is 0 Å². The Morgan fingerprint density at radius 2 is 1.25 bits per heavy atom. The van der Waals surface area contributed by atoms with Gasteiger partial charge in [0.2, 0.25) is 29.8 Å². The number of benzene rings is 2. The minimum atomic E-state index is -1.75. The average Bonchev–Trinajstić information content (AvgIpc) is 3.37. The number of rotatable bonds is 7. The summed E-state index contributed by atoms with van der Waals surface area (Å²) in [4.78, 5) is 13.2. The molecule has 0 spiro atoms. The van der Waals surface area contributed by atoms with Crippen LogP contribution in [0.2, 0.25) is 0 Å². The number of hydrogen-bond donors (Lipinski definition) is 9.